The summed E-state index contributed by atoms with van der Waals surface area (Å²) < 4.78 is 0. The predicted octanol–water partition coefficient (Wildman–Crippen LogP) is 0.749. The Morgan fingerprint density at radius 3 is 2.25 bits per heavy atom. The summed E-state index contributed by atoms with van der Waals surface area (Å²) >= 11 is 4.82. The highest BCUT2D eigenvalue weighted by molar-refractivity contribution is 6.19. The number of alkyl halides is 1. The summed E-state index contributed by atoms with van der Waals surface area (Å²) in [5.41, 5.74) is 0. The van der Waals surface area contributed by atoms with E-state index in [4.69, 9.17) is 16.9 Å². The van der Waals surface area contributed by atoms with Crippen LogP contribution in [-0.2, 0) is 0 Å². The van der Waals surface area contributed by atoms with Gasteiger partial charge in [-0.15, -0.1) is 11.6 Å². The topological polar surface area (TPSA) is 23.8 Å². The minimum absolute atomic E-state index is 0.0972. The first-order chi connectivity index (χ1) is 1.91. The van der Waals surface area contributed by atoms with Crippen LogP contribution in [0, 0.1) is 11.3 Å². The number of hydrogen-bond acceptors (Lipinski definition) is 1. The summed E-state index contributed by atoms with van der Waals surface area (Å²) in [4.78, 5) is 0. The standard InChI is InChI=1S/C2H2ClN/c3-1-2-4/h1H2/i1+1,2+1. The third-order valence-electron chi connectivity index (χ3n) is 0.0598. The van der Waals surface area contributed by atoms with Crippen molar-refractivity contribution in [3.63, 3.8) is 0 Å². The predicted molar refractivity (Wildman–Crippen MR) is 16.3 cm³/mol. The van der Waals surface area contributed by atoms with E-state index in [1.54, 1.807) is 6.07 Å². The molecule has 0 spiro atoms. The van der Waals surface area contributed by atoms with Gasteiger partial charge in [0.25, 0.3) is 0 Å². The molecule has 0 aromatic rings. The zero-order valence-electron chi connectivity index (χ0n) is 2.03. The van der Waals surface area contributed by atoms with E-state index in [9.17, 15) is 0 Å². The average molecular weight is 77.5 g/mol. The van der Waals surface area contributed by atoms with Gasteiger partial charge in [0, 0.05) is 0 Å². The van der Waals surface area contributed by atoms with Crippen LogP contribution in [0.5, 0.6) is 0 Å². The van der Waals surface area contributed by atoms with Crippen LogP contribution in [0.25, 0.3) is 0 Å². The summed E-state index contributed by atoms with van der Waals surface area (Å²) in [6, 6.07) is 1.70. The van der Waals surface area contributed by atoms with Crippen LogP contribution < -0.4 is 0 Å². The Morgan fingerprint density at radius 2 is 2.25 bits per heavy atom. The summed E-state index contributed by atoms with van der Waals surface area (Å²) in [6.07, 6.45) is 0. The number of halogens is 1. The van der Waals surface area contributed by atoms with Gasteiger partial charge in [0.15, 0.2) is 0 Å². The van der Waals surface area contributed by atoms with Crippen LogP contribution in [0.2, 0.25) is 0 Å². The summed E-state index contributed by atoms with van der Waals surface area (Å²) in [7, 11) is 0. The Hall–Kier alpha value is -0.220. The molecule has 4 heavy (non-hydrogen) atoms. The van der Waals surface area contributed by atoms with Crippen LogP contribution in [0.1, 0.15) is 0 Å². The highest BCUT2D eigenvalue weighted by atomic mass is 35.5. The molecule has 0 aliphatic carbocycles. The molecule has 0 atom stereocenters. The lowest BCUT2D eigenvalue weighted by molar-refractivity contribution is 1.49. The van der Waals surface area contributed by atoms with Crippen molar-refractivity contribution in [1.29, 1.82) is 5.26 Å². The monoisotopic (exact) mass is 77.0 g/mol. The SMILES string of the molecule is N#[13C][13CH2]Cl. The molecule has 0 amide bonds. The van der Waals surface area contributed by atoms with Crippen LogP contribution >= 0.6 is 11.6 Å². The van der Waals surface area contributed by atoms with E-state index >= 15 is 0 Å². The van der Waals surface area contributed by atoms with Gasteiger partial charge in [0.2, 0.25) is 0 Å². The third kappa shape index (κ3) is 1.78. The molecule has 0 aromatic heterocycles. The molecule has 0 saturated carbocycles. The van der Waals surface area contributed by atoms with Crippen molar-refractivity contribution in [3.8, 4) is 6.07 Å². The average Bonchev–Trinajstić information content (AvgIpc) is 1.37. The summed E-state index contributed by atoms with van der Waals surface area (Å²) in [5.74, 6) is 0.0972. The Bertz CT molecular complexity index is 35.8. The van der Waals surface area contributed by atoms with Crippen molar-refractivity contribution in [2.75, 3.05) is 5.88 Å². The smallest absolute Gasteiger partial charge is 0.109 e. The molecule has 0 aromatic carbocycles. The molecule has 0 aliphatic rings. The quantitative estimate of drug-likeness (QED) is 0.309. The van der Waals surface area contributed by atoms with Crippen molar-refractivity contribution in [2.24, 2.45) is 0 Å². The van der Waals surface area contributed by atoms with Gasteiger partial charge in [-0.25, -0.2) is 0 Å². The molecule has 0 rings (SSSR count). The van der Waals surface area contributed by atoms with Crippen molar-refractivity contribution in [3.05, 3.63) is 0 Å². The fraction of sp³-hybridized carbons (Fsp3) is 0.500. The van der Waals surface area contributed by atoms with Gasteiger partial charge in [0.05, 0.1) is 6.07 Å². The largest absolute Gasteiger partial charge is 0.197 e. The highest BCUT2D eigenvalue weighted by Crippen LogP contribution is 1.61. The first kappa shape index (κ1) is 3.78. The molecular weight excluding hydrogens is 75.5 g/mol. The van der Waals surface area contributed by atoms with E-state index < -0.39 is 0 Å². The maximum absolute atomic E-state index is 7.49. The molecule has 2 heteroatoms. The zero-order valence-corrected chi connectivity index (χ0v) is 2.79. The fourth-order valence-electron chi connectivity index (χ4n) is 0. The van der Waals surface area contributed by atoms with Crippen molar-refractivity contribution < 1.29 is 0 Å². The number of nitrogens with zero attached hydrogens (tertiary/aromatic N) is 1. The lowest BCUT2D eigenvalue weighted by Crippen LogP contribution is -1.47. The Balaban J connectivity index is 2.43. The molecule has 0 N–H and O–H groups in total. The second-order valence-electron chi connectivity index (χ2n) is 0.292. The van der Waals surface area contributed by atoms with Gasteiger partial charge < -0.3 is 0 Å². The second-order valence-corrected chi connectivity index (χ2v) is 0.559. The van der Waals surface area contributed by atoms with Crippen LogP contribution in [-0.4, -0.2) is 5.88 Å². The highest BCUT2D eigenvalue weighted by Gasteiger charge is 1.52. The minimum atomic E-state index is 0.0972. The van der Waals surface area contributed by atoms with E-state index in [-0.39, 0.29) is 5.88 Å². The molecule has 0 fully saturated rings. The maximum Gasteiger partial charge on any atom is 0.109 e. The van der Waals surface area contributed by atoms with Crippen LogP contribution in [0.3, 0.4) is 0 Å². The fourth-order valence-corrected chi connectivity index (χ4v) is 0. The molecule has 0 saturated heterocycles. The van der Waals surface area contributed by atoms with Crippen molar-refractivity contribution in [1.82, 2.24) is 0 Å². The maximum atomic E-state index is 7.49. The Labute approximate surface area is 29.8 Å². The normalized spacial score (nSPS) is 5.00. The van der Waals surface area contributed by atoms with E-state index in [1.807, 2.05) is 0 Å². The molecule has 0 aliphatic heterocycles. The third-order valence-corrected chi connectivity index (χ3v) is 0.179. The first-order valence-corrected chi connectivity index (χ1v) is 1.38. The van der Waals surface area contributed by atoms with Gasteiger partial charge in [-0.2, -0.15) is 5.26 Å². The first-order valence-electron chi connectivity index (χ1n) is 0.844. The van der Waals surface area contributed by atoms with Gasteiger partial charge in [-0.1, -0.05) is 0 Å². The Morgan fingerprint density at radius 1 is 2.00 bits per heavy atom. The van der Waals surface area contributed by atoms with E-state index in [2.05, 4.69) is 0 Å². The van der Waals surface area contributed by atoms with Crippen LogP contribution in [0.15, 0.2) is 0 Å². The second kappa shape index (κ2) is 2.78. The molecule has 0 unspecified atom stereocenters. The summed E-state index contributed by atoms with van der Waals surface area (Å²) in [5, 5.41) is 7.49. The molecular formula is C2H2ClN. The minimum Gasteiger partial charge on any atom is -0.197 e. The van der Waals surface area contributed by atoms with Gasteiger partial charge in [0.1, 0.15) is 5.88 Å². The molecule has 0 radical (unpaired) electrons. The van der Waals surface area contributed by atoms with E-state index in [0.29, 0.717) is 0 Å². The molecule has 22 valence electrons. The molecule has 1 nitrogen and oxygen atoms in total. The zero-order chi connectivity index (χ0) is 3.41. The van der Waals surface area contributed by atoms with Crippen molar-refractivity contribution >= 4 is 11.6 Å². The Kier molecular flexibility index (Phi) is 2.63. The number of nitriles is 1. The lowest BCUT2D eigenvalue weighted by atomic mass is 11.9. The molecule has 0 heterocycles. The summed E-state index contributed by atoms with van der Waals surface area (Å²) in [6.45, 7) is 0. The number of hydrogen-bond donors (Lipinski definition) is 0. The lowest BCUT2D eigenvalue weighted by Gasteiger charge is -1.44. The molecule has 0 bridgehead atoms. The van der Waals surface area contributed by atoms with Gasteiger partial charge in [-0.3, -0.25) is 0 Å². The van der Waals surface area contributed by atoms with Crippen molar-refractivity contribution in [2.45, 2.75) is 0 Å². The van der Waals surface area contributed by atoms with E-state index in [1.165, 1.54) is 0 Å². The van der Waals surface area contributed by atoms with E-state index in [0.717, 1.165) is 0 Å². The van der Waals surface area contributed by atoms with Crippen LogP contribution in [0.4, 0.5) is 0 Å². The van der Waals surface area contributed by atoms with Gasteiger partial charge >= 0.3 is 0 Å². The van der Waals surface area contributed by atoms with Gasteiger partial charge in [-0.05, 0) is 0 Å². The number of rotatable bonds is 0.